The summed E-state index contributed by atoms with van der Waals surface area (Å²) in [5.74, 6) is -0.406. The van der Waals surface area contributed by atoms with Gasteiger partial charge in [-0.1, -0.05) is 0 Å². The summed E-state index contributed by atoms with van der Waals surface area (Å²) in [7, 11) is 0. The number of rotatable bonds is 4. The monoisotopic (exact) mass is 237 g/mol. The molecule has 0 aliphatic heterocycles. The molecule has 1 N–H and O–H groups in total. The van der Waals surface area contributed by atoms with E-state index < -0.39 is 24.7 Å². The van der Waals surface area contributed by atoms with Gasteiger partial charge < -0.3 is 10.2 Å². The first-order valence-electron chi connectivity index (χ1n) is 4.79. The van der Waals surface area contributed by atoms with Crippen LogP contribution in [0, 0.1) is 17.2 Å². The molecule has 0 spiro atoms. The maximum Gasteiger partial charge on any atom is 0.405 e. The molecule has 0 aliphatic carbocycles. The average molecular weight is 237 g/mol. The third-order valence-electron chi connectivity index (χ3n) is 1.82. The van der Waals surface area contributed by atoms with Gasteiger partial charge in [0.2, 0.25) is 0 Å². The van der Waals surface area contributed by atoms with Gasteiger partial charge in [0.15, 0.2) is 0 Å². The molecular weight excluding hydrogens is 223 g/mol. The second-order valence-electron chi connectivity index (χ2n) is 3.34. The number of hydrogen-bond donors (Lipinski definition) is 1. The van der Waals surface area contributed by atoms with E-state index in [9.17, 15) is 18.0 Å². The summed E-state index contributed by atoms with van der Waals surface area (Å²) in [6, 6.07) is 1.11. The second kappa shape index (κ2) is 6.20. The molecule has 92 valence electrons. The molecule has 0 bridgehead atoms. The highest BCUT2D eigenvalue weighted by Gasteiger charge is 2.28. The molecule has 0 heterocycles. The molecular formula is C9H14F3N3O. The summed E-state index contributed by atoms with van der Waals surface area (Å²) in [5, 5.41) is 10.3. The first kappa shape index (κ1) is 14.6. The molecule has 0 radical (unpaired) electrons. The first-order valence-corrected chi connectivity index (χ1v) is 4.79. The van der Waals surface area contributed by atoms with Crippen molar-refractivity contribution in [1.82, 2.24) is 10.2 Å². The van der Waals surface area contributed by atoms with Crippen LogP contribution in [0.2, 0.25) is 0 Å². The van der Waals surface area contributed by atoms with Crippen molar-refractivity contribution in [2.24, 2.45) is 5.92 Å². The van der Waals surface area contributed by atoms with Crippen LogP contribution < -0.4 is 5.32 Å². The molecule has 0 fully saturated rings. The third-order valence-corrected chi connectivity index (χ3v) is 1.82. The summed E-state index contributed by atoms with van der Waals surface area (Å²) in [6.07, 6.45) is -4.42. The number of urea groups is 1. The highest BCUT2D eigenvalue weighted by Crippen LogP contribution is 2.12. The normalized spacial score (nSPS) is 12.8. The predicted octanol–water partition coefficient (Wildman–Crippen LogP) is 1.74. The van der Waals surface area contributed by atoms with Crippen molar-refractivity contribution >= 4 is 6.03 Å². The lowest BCUT2D eigenvalue weighted by atomic mass is 10.2. The Balaban J connectivity index is 4.17. The van der Waals surface area contributed by atoms with Crippen LogP contribution in [0.15, 0.2) is 0 Å². The molecule has 4 nitrogen and oxygen atoms in total. The lowest BCUT2D eigenvalue weighted by Crippen LogP contribution is -2.45. The molecule has 7 heteroatoms. The Morgan fingerprint density at radius 1 is 1.56 bits per heavy atom. The van der Waals surface area contributed by atoms with Gasteiger partial charge in [-0.05, 0) is 13.8 Å². The standard InChI is InChI=1S/C9H14F3N3O/c1-3-15(5-7(2)4-13)8(16)14-6-9(10,11)12/h7H,3,5-6H2,1-2H3,(H,14,16). The Hall–Kier alpha value is -1.45. The number of halogens is 3. The lowest BCUT2D eigenvalue weighted by molar-refractivity contribution is -0.123. The number of carbonyl (C=O) groups excluding carboxylic acids is 1. The van der Waals surface area contributed by atoms with Crippen LogP contribution in [0.4, 0.5) is 18.0 Å². The predicted molar refractivity (Wildman–Crippen MR) is 51.5 cm³/mol. The molecule has 0 saturated heterocycles. The molecule has 16 heavy (non-hydrogen) atoms. The SMILES string of the molecule is CCN(CC(C)C#N)C(=O)NCC(F)(F)F. The van der Waals surface area contributed by atoms with Crippen molar-refractivity contribution in [2.75, 3.05) is 19.6 Å². The van der Waals surface area contributed by atoms with Crippen molar-refractivity contribution in [2.45, 2.75) is 20.0 Å². The van der Waals surface area contributed by atoms with Crippen LogP contribution in [-0.4, -0.2) is 36.7 Å². The summed E-state index contributed by atoms with van der Waals surface area (Å²) < 4.78 is 35.5. The van der Waals surface area contributed by atoms with Gasteiger partial charge in [-0.25, -0.2) is 4.79 Å². The molecule has 0 saturated carbocycles. The minimum atomic E-state index is -4.42. The molecule has 1 atom stereocenters. The van der Waals surface area contributed by atoms with E-state index in [0.717, 1.165) is 0 Å². The summed E-state index contributed by atoms with van der Waals surface area (Å²) >= 11 is 0. The van der Waals surface area contributed by atoms with E-state index >= 15 is 0 Å². The quantitative estimate of drug-likeness (QED) is 0.809. The number of nitrogens with one attached hydrogen (secondary N) is 1. The number of alkyl halides is 3. The Morgan fingerprint density at radius 2 is 2.12 bits per heavy atom. The maximum atomic E-state index is 11.8. The first-order chi connectivity index (χ1) is 7.30. The third kappa shape index (κ3) is 6.11. The van der Waals surface area contributed by atoms with E-state index in [-0.39, 0.29) is 13.1 Å². The van der Waals surface area contributed by atoms with Crippen molar-refractivity contribution in [3.8, 4) is 6.07 Å². The minimum Gasteiger partial charge on any atom is -0.329 e. The molecule has 0 aromatic rings. The van der Waals surface area contributed by atoms with Crippen LogP contribution in [0.5, 0.6) is 0 Å². The number of hydrogen-bond acceptors (Lipinski definition) is 2. The van der Waals surface area contributed by atoms with Crippen LogP contribution in [0.25, 0.3) is 0 Å². The van der Waals surface area contributed by atoms with E-state index in [1.165, 1.54) is 4.90 Å². The number of carbonyl (C=O) groups is 1. The van der Waals surface area contributed by atoms with Crippen LogP contribution >= 0.6 is 0 Å². The number of amides is 2. The highest BCUT2D eigenvalue weighted by molar-refractivity contribution is 5.74. The Morgan fingerprint density at radius 3 is 2.50 bits per heavy atom. The molecule has 2 amide bonds. The maximum absolute atomic E-state index is 11.8. The second-order valence-corrected chi connectivity index (χ2v) is 3.34. The number of nitrogens with zero attached hydrogens (tertiary/aromatic N) is 2. The zero-order valence-electron chi connectivity index (χ0n) is 9.14. The molecule has 0 aromatic carbocycles. The van der Waals surface area contributed by atoms with Gasteiger partial charge in [-0.2, -0.15) is 18.4 Å². The van der Waals surface area contributed by atoms with E-state index in [0.29, 0.717) is 0 Å². The summed E-state index contributed by atoms with van der Waals surface area (Å²) in [6.45, 7) is 2.26. The van der Waals surface area contributed by atoms with Gasteiger partial charge in [0.05, 0.1) is 12.0 Å². The number of nitriles is 1. The lowest BCUT2D eigenvalue weighted by Gasteiger charge is -2.22. The van der Waals surface area contributed by atoms with Gasteiger partial charge in [0, 0.05) is 13.1 Å². The van der Waals surface area contributed by atoms with Gasteiger partial charge in [0.1, 0.15) is 6.54 Å². The molecule has 0 aliphatic rings. The zero-order chi connectivity index (χ0) is 12.8. The van der Waals surface area contributed by atoms with Crippen molar-refractivity contribution < 1.29 is 18.0 Å². The zero-order valence-corrected chi connectivity index (χ0v) is 9.14. The van der Waals surface area contributed by atoms with Crippen molar-refractivity contribution in [1.29, 1.82) is 5.26 Å². The van der Waals surface area contributed by atoms with E-state index in [1.54, 1.807) is 19.2 Å². The smallest absolute Gasteiger partial charge is 0.329 e. The molecule has 1 unspecified atom stereocenters. The summed E-state index contributed by atoms with van der Waals surface area (Å²) in [5.41, 5.74) is 0. The van der Waals surface area contributed by atoms with Gasteiger partial charge in [-0.3, -0.25) is 0 Å². The van der Waals surface area contributed by atoms with Crippen LogP contribution in [-0.2, 0) is 0 Å². The van der Waals surface area contributed by atoms with Gasteiger partial charge in [-0.15, -0.1) is 0 Å². The Kier molecular flexibility index (Phi) is 5.64. The highest BCUT2D eigenvalue weighted by atomic mass is 19.4. The fourth-order valence-corrected chi connectivity index (χ4v) is 1.01. The Labute approximate surface area is 92.0 Å². The van der Waals surface area contributed by atoms with Gasteiger partial charge >= 0.3 is 12.2 Å². The van der Waals surface area contributed by atoms with Gasteiger partial charge in [0.25, 0.3) is 0 Å². The Bertz CT molecular complexity index is 272. The van der Waals surface area contributed by atoms with Crippen molar-refractivity contribution in [3.05, 3.63) is 0 Å². The molecule has 0 aromatic heterocycles. The van der Waals surface area contributed by atoms with Crippen molar-refractivity contribution in [3.63, 3.8) is 0 Å². The van der Waals surface area contributed by atoms with Crippen LogP contribution in [0.3, 0.4) is 0 Å². The van der Waals surface area contributed by atoms with E-state index in [4.69, 9.17) is 5.26 Å². The fraction of sp³-hybridized carbons (Fsp3) is 0.778. The van der Waals surface area contributed by atoms with E-state index in [2.05, 4.69) is 0 Å². The average Bonchev–Trinajstić information content (AvgIpc) is 2.21. The fourth-order valence-electron chi connectivity index (χ4n) is 1.01. The topological polar surface area (TPSA) is 56.1 Å². The van der Waals surface area contributed by atoms with Crippen LogP contribution in [0.1, 0.15) is 13.8 Å². The molecule has 0 rings (SSSR count). The van der Waals surface area contributed by atoms with E-state index in [1.807, 2.05) is 6.07 Å². The minimum absolute atomic E-state index is 0.122. The largest absolute Gasteiger partial charge is 0.405 e. The summed E-state index contributed by atoms with van der Waals surface area (Å²) in [4.78, 5) is 12.4.